The lowest BCUT2D eigenvalue weighted by molar-refractivity contribution is 0.307. The van der Waals surface area contributed by atoms with Crippen LogP contribution in [-0.4, -0.2) is 31.1 Å². The van der Waals surface area contributed by atoms with Crippen molar-refractivity contribution in [3.05, 3.63) is 45.9 Å². The van der Waals surface area contributed by atoms with E-state index in [1.807, 2.05) is 25.2 Å². The van der Waals surface area contributed by atoms with Crippen LogP contribution in [0.3, 0.4) is 0 Å². The molecule has 108 valence electrons. The number of rotatable bonds is 7. The highest BCUT2D eigenvalue weighted by molar-refractivity contribution is 7.09. The SMILES string of the molecule is CNCc1nc(CN(C)Cc2ccccc2OC)cs1. The van der Waals surface area contributed by atoms with Gasteiger partial charge in [0.25, 0.3) is 0 Å². The van der Waals surface area contributed by atoms with Crippen LogP contribution in [0.5, 0.6) is 5.75 Å². The number of nitrogens with one attached hydrogen (secondary N) is 1. The molecule has 0 unspecified atom stereocenters. The monoisotopic (exact) mass is 291 g/mol. The summed E-state index contributed by atoms with van der Waals surface area (Å²) < 4.78 is 5.38. The normalized spacial score (nSPS) is 11.0. The van der Waals surface area contributed by atoms with Crippen molar-refractivity contribution in [1.82, 2.24) is 15.2 Å². The summed E-state index contributed by atoms with van der Waals surface area (Å²) in [6.07, 6.45) is 0. The number of para-hydroxylation sites is 1. The van der Waals surface area contributed by atoms with Gasteiger partial charge in [-0.2, -0.15) is 0 Å². The zero-order chi connectivity index (χ0) is 14.4. The number of aromatic nitrogens is 1. The van der Waals surface area contributed by atoms with Crippen LogP contribution in [0.25, 0.3) is 0 Å². The van der Waals surface area contributed by atoms with Crippen molar-refractivity contribution < 1.29 is 4.74 Å². The molecule has 0 saturated carbocycles. The van der Waals surface area contributed by atoms with Crippen LogP contribution in [0.2, 0.25) is 0 Å². The summed E-state index contributed by atoms with van der Waals surface area (Å²) >= 11 is 1.71. The molecule has 1 aromatic heterocycles. The summed E-state index contributed by atoms with van der Waals surface area (Å²) in [5.74, 6) is 0.938. The molecule has 1 N–H and O–H groups in total. The van der Waals surface area contributed by atoms with E-state index in [0.29, 0.717) is 0 Å². The molecule has 0 fully saturated rings. The predicted molar refractivity (Wildman–Crippen MR) is 83.0 cm³/mol. The first-order valence-electron chi connectivity index (χ1n) is 6.61. The van der Waals surface area contributed by atoms with Crippen molar-refractivity contribution in [3.63, 3.8) is 0 Å². The lowest BCUT2D eigenvalue weighted by atomic mass is 10.2. The summed E-state index contributed by atoms with van der Waals surface area (Å²) in [7, 11) is 5.75. The summed E-state index contributed by atoms with van der Waals surface area (Å²) in [4.78, 5) is 6.85. The Labute approximate surface area is 124 Å². The number of methoxy groups -OCH3 is 1. The van der Waals surface area contributed by atoms with Gasteiger partial charge < -0.3 is 10.1 Å². The maximum atomic E-state index is 5.38. The first-order chi connectivity index (χ1) is 9.72. The highest BCUT2D eigenvalue weighted by atomic mass is 32.1. The fourth-order valence-corrected chi connectivity index (χ4v) is 2.91. The van der Waals surface area contributed by atoms with E-state index in [0.717, 1.165) is 36.1 Å². The van der Waals surface area contributed by atoms with E-state index in [9.17, 15) is 0 Å². The van der Waals surface area contributed by atoms with Crippen LogP contribution in [0.1, 0.15) is 16.3 Å². The second kappa shape index (κ2) is 7.38. The molecule has 0 radical (unpaired) electrons. The van der Waals surface area contributed by atoms with Crippen molar-refractivity contribution in [3.8, 4) is 5.75 Å². The summed E-state index contributed by atoms with van der Waals surface area (Å²) in [6, 6.07) is 8.13. The van der Waals surface area contributed by atoms with Gasteiger partial charge in [0.15, 0.2) is 0 Å². The Kier molecular flexibility index (Phi) is 5.52. The second-order valence-electron chi connectivity index (χ2n) is 4.75. The molecule has 1 heterocycles. The molecule has 20 heavy (non-hydrogen) atoms. The van der Waals surface area contributed by atoms with Crippen molar-refractivity contribution in [2.75, 3.05) is 21.2 Å². The Morgan fingerprint density at radius 3 is 2.85 bits per heavy atom. The Balaban J connectivity index is 1.95. The number of hydrogen-bond acceptors (Lipinski definition) is 5. The quantitative estimate of drug-likeness (QED) is 0.850. The third-order valence-corrected chi connectivity index (χ3v) is 3.89. The van der Waals surface area contributed by atoms with Crippen LogP contribution >= 0.6 is 11.3 Å². The number of benzene rings is 1. The standard InChI is InChI=1S/C15H21N3OS/c1-16-8-15-17-13(11-20-15)10-18(2)9-12-6-4-5-7-14(12)19-3/h4-7,11,16H,8-10H2,1-3H3. The molecular formula is C15H21N3OS. The highest BCUT2D eigenvalue weighted by Gasteiger charge is 2.08. The minimum Gasteiger partial charge on any atom is -0.496 e. The van der Waals surface area contributed by atoms with Crippen molar-refractivity contribution in [1.29, 1.82) is 0 Å². The third-order valence-electron chi connectivity index (χ3n) is 2.99. The van der Waals surface area contributed by atoms with Crippen molar-refractivity contribution in [2.24, 2.45) is 0 Å². The molecule has 0 aliphatic carbocycles. The molecule has 0 spiro atoms. The van der Waals surface area contributed by atoms with E-state index in [4.69, 9.17) is 4.74 Å². The van der Waals surface area contributed by atoms with Crippen LogP contribution in [0.4, 0.5) is 0 Å². The molecule has 5 heteroatoms. The number of thiazole rings is 1. The molecule has 0 saturated heterocycles. The smallest absolute Gasteiger partial charge is 0.123 e. The van der Waals surface area contributed by atoms with Gasteiger partial charge in [-0.1, -0.05) is 18.2 Å². The van der Waals surface area contributed by atoms with Gasteiger partial charge in [0, 0.05) is 30.6 Å². The minimum atomic E-state index is 0.834. The van der Waals surface area contributed by atoms with Crippen molar-refractivity contribution >= 4 is 11.3 Å². The Morgan fingerprint density at radius 1 is 1.30 bits per heavy atom. The van der Waals surface area contributed by atoms with E-state index in [1.165, 1.54) is 5.56 Å². The molecule has 2 rings (SSSR count). The lowest BCUT2D eigenvalue weighted by Gasteiger charge is -2.17. The van der Waals surface area contributed by atoms with Gasteiger partial charge >= 0.3 is 0 Å². The van der Waals surface area contributed by atoms with E-state index in [-0.39, 0.29) is 0 Å². The van der Waals surface area contributed by atoms with Crippen LogP contribution in [-0.2, 0) is 19.6 Å². The largest absolute Gasteiger partial charge is 0.496 e. The molecular weight excluding hydrogens is 270 g/mol. The van der Waals surface area contributed by atoms with Gasteiger partial charge in [0.2, 0.25) is 0 Å². The Hall–Kier alpha value is -1.43. The van der Waals surface area contributed by atoms with E-state index < -0.39 is 0 Å². The highest BCUT2D eigenvalue weighted by Crippen LogP contribution is 2.20. The summed E-state index contributed by atoms with van der Waals surface area (Å²) in [6.45, 7) is 2.53. The number of ether oxygens (including phenoxy) is 1. The molecule has 0 aliphatic rings. The third kappa shape index (κ3) is 4.03. The average Bonchev–Trinajstić information content (AvgIpc) is 2.87. The molecule has 4 nitrogen and oxygen atoms in total. The van der Waals surface area contributed by atoms with Gasteiger partial charge in [-0.15, -0.1) is 11.3 Å². The van der Waals surface area contributed by atoms with Gasteiger partial charge in [-0.3, -0.25) is 4.90 Å². The van der Waals surface area contributed by atoms with E-state index in [1.54, 1.807) is 18.4 Å². The topological polar surface area (TPSA) is 37.4 Å². The van der Waals surface area contributed by atoms with Gasteiger partial charge in [-0.25, -0.2) is 4.98 Å². The Morgan fingerprint density at radius 2 is 2.10 bits per heavy atom. The molecule has 0 amide bonds. The molecule has 0 atom stereocenters. The van der Waals surface area contributed by atoms with Gasteiger partial charge in [0.1, 0.15) is 10.8 Å². The first-order valence-corrected chi connectivity index (χ1v) is 7.49. The number of hydrogen-bond donors (Lipinski definition) is 1. The maximum absolute atomic E-state index is 5.38. The summed E-state index contributed by atoms with van der Waals surface area (Å²) in [5, 5.41) is 6.39. The fourth-order valence-electron chi connectivity index (χ4n) is 2.11. The van der Waals surface area contributed by atoms with Crippen LogP contribution < -0.4 is 10.1 Å². The zero-order valence-electron chi connectivity index (χ0n) is 12.2. The number of nitrogens with zero attached hydrogens (tertiary/aromatic N) is 2. The van der Waals surface area contributed by atoms with E-state index in [2.05, 4.69) is 33.7 Å². The van der Waals surface area contributed by atoms with Crippen LogP contribution in [0.15, 0.2) is 29.6 Å². The molecule has 0 aliphatic heterocycles. The Bertz CT molecular complexity index is 541. The van der Waals surface area contributed by atoms with Gasteiger partial charge in [0.05, 0.1) is 12.8 Å². The molecule has 0 bridgehead atoms. The minimum absolute atomic E-state index is 0.834. The average molecular weight is 291 g/mol. The van der Waals surface area contributed by atoms with Gasteiger partial charge in [-0.05, 0) is 20.2 Å². The maximum Gasteiger partial charge on any atom is 0.123 e. The van der Waals surface area contributed by atoms with Crippen molar-refractivity contribution in [2.45, 2.75) is 19.6 Å². The fraction of sp³-hybridized carbons (Fsp3) is 0.400. The zero-order valence-corrected chi connectivity index (χ0v) is 13.0. The summed E-state index contributed by atoms with van der Waals surface area (Å²) in [5.41, 5.74) is 2.32. The predicted octanol–water partition coefficient (Wildman–Crippen LogP) is 2.50. The lowest BCUT2D eigenvalue weighted by Crippen LogP contribution is -2.18. The van der Waals surface area contributed by atoms with E-state index >= 15 is 0 Å². The molecule has 1 aromatic carbocycles. The first kappa shape index (κ1) is 15.0. The second-order valence-corrected chi connectivity index (χ2v) is 5.69. The molecule has 2 aromatic rings. The van der Waals surface area contributed by atoms with Crippen LogP contribution in [0, 0.1) is 0 Å².